The van der Waals surface area contributed by atoms with E-state index in [0.717, 1.165) is 28.4 Å². The molecule has 6 heteroatoms. The number of imidazole rings is 1. The molecule has 0 fully saturated rings. The Kier molecular flexibility index (Phi) is 5.39. The molecule has 4 rings (SSSR count). The molecule has 2 heterocycles. The summed E-state index contributed by atoms with van der Waals surface area (Å²) in [6.07, 6.45) is 3.68. The van der Waals surface area contributed by atoms with Crippen LogP contribution in [-0.2, 0) is 10.5 Å². The van der Waals surface area contributed by atoms with E-state index in [9.17, 15) is 4.79 Å². The summed E-state index contributed by atoms with van der Waals surface area (Å²) < 4.78 is 1.96. The highest BCUT2D eigenvalue weighted by Crippen LogP contribution is 2.25. The van der Waals surface area contributed by atoms with Crippen LogP contribution in [-0.4, -0.2) is 26.0 Å². The number of carbonyl (C=O) groups excluding carboxylic acids is 1. The van der Waals surface area contributed by atoms with Crippen molar-refractivity contribution in [2.24, 2.45) is 0 Å². The molecule has 28 heavy (non-hydrogen) atoms. The van der Waals surface area contributed by atoms with Crippen molar-refractivity contribution in [3.8, 4) is 11.3 Å². The standard InChI is InChI=1S/C22H20N4OS/c1-16-21(25-22-23-11-6-12-26(16)22)18-9-5-10-19(13-18)24-20(27)15-28-14-17-7-3-2-4-8-17/h2-13H,14-15H2,1H3,(H,24,27). The first kappa shape index (κ1) is 18.3. The zero-order chi connectivity index (χ0) is 19.3. The summed E-state index contributed by atoms with van der Waals surface area (Å²) in [7, 11) is 0. The number of aromatic nitrogens is 3. The lowest BCUT2D eigenvalue weighted by Gasteiger charge is -2.07. The Morgan fingerprint density at radius 3 is 2.79 bits per heavy atom. The summed E-state index contributed by atoms with van der Waals surface area (Å²) in [4.78, 5) is 21.2. The van der Waals surface area contributed by atoms with Crippen LogP contribution in [0.25, 0.3) is 17.0 Å². The smallest absolute Gasteiger partial charge is 0.234 e. The first-order chi connectivity index (χ1) is 13.7. The second-order valence-corrected chi connectivity index (χ2v) is 7.43. The Balaban J connectivity index is 1.43. The molecule has 1 amide bonds. The second-order valence-electron chi connectivity index (χ2n) is 6.44. The van der Waals surface area contributed by atoms with E-state index in [-0.39, 0.29) is 5.91 Å². The molecule has 2 aromatic carbocycles. The minimum atomic E-state index is -0.00790. The zero-order valence-corrected chi connectivity index (χ0v) is 16.3. The number of benzene rings is 2. The van der Waals surface area contributed by atoms with E-state index in [4.69, 9.17) is 0 Å². The summed E-state index contributed by atoms with van der Waals surface area (Å²) >= 11 is 1.60. The Bertz CT molecular complexity index is 1110. The van der Waals surface area contributed by atoms with Crippen molar-refractivity contribution in [1.82, 2.24) is 14.4 Å². The van der Waals surface area contributed by atoms with Gasteiger partial charge in [0.1, 0.15) is 0 Å². The number of nitrogens with zero attached hydrogens (tertiary/aromatic N) is 3. The molecule has 4 aromatic rings. The molecule has 0 aliphatic carbocycles. The molecular formula is C22H20N4OS. The van der Waals surface area contributed by atoms with Gasteiger partial charge in [-0.2, -0.15) is 0 Å². The monoisotopic (exact) mass is 388 g/mol. The molecule has 0 unspecified atom stereocenters. The number of hydrogen-bond donors (Lipinski definition) is 1. The van der Waals surface area contributed by atoms with Gasteiger partial charge in [-0.3, -0.25) is 9.20 Å². The van der Waals surface area contributed by atoms with Gasteiger partial charge in [0.25, 0.3) is 0 Å². The van der Waals surface area contributed by atoms with Gasteiger partial charge in [-0.05, 0) is 30.7 Å². The molecule has 1 N–H and O–H groups in total. The number of carbonyl (C=O) groups is 1. The number of nitrogens with one attached hydrogen (secondary N) is 1. The lowest BCUT2D eigenvalue weighted by molar-refractivity contribution is -0.113. The van der Waals surface area contributed by atoms with Gasteiger partial charge in [-0.25, -0.2) is 9.97 Å². The Morgan fingerprint density at radius 1 is 1.11 bits per heavy atom. The molecule has 0 saturated carbocycles. The van der Waals surface area contributed by atoms with E-state index in [1.807, 2.05) is 66.1 Å². The molecule has 0 aliphatic heterocycles. The maximum absolute atomic E-state index is 12.3. The number of thioether (sulfide) groups is 1. The largest absolute Gasteiger partial charge is 0.325 e. The molecule has 0 saturated heterocycles. The molecule has 0 radical (unpaired) electrons. The van der Waals surface area contributed by atoms with Crippen LogP contribution in [0.3, 0.4) is 0 Å². The van der Waals surface area contributed by atoms with E-state index >= 15 is 0 Å². The van der Waals surface area contributed by atoms with Crippen LogP contribution < -0.4 is 5.32 Å². The zero-order valence-electron chi connectivity index (χ0n) is 15.5. The normalized spacial score (nSPS) is 10.9. The van der Waals surface area contributed by atoms with Crippen molar-refractivity contribution in [3.05, 3.63) is 84.3 Å². The van der Waals surface area contributed by atoms with Crippen molar-refractivity contribution in [2.75, 3.05) is 11.1 Å². The number of amides is 1. The average molecular weight is 388 g/mol. The minimum Gasteiger partial charge on any atom is -0.325 e. The highest BCUT2D eigenvalue weighted by atomic mass is 32.2. The number of fused-ring (bicyclic) bond motifs is 1. The van der Waals surface area contributed by atoms with Gasteiger partial charge < -0.3 is 5.32 Å². The fourth-order valence-electron chi connectivity index (χ4n) is 3.05. The predicted octanol–water partition coefficient (Wildman–Crippen LogP) is 4.58. The number of rotatable bonds is 6. The van der Waals surface area contributed by atoms with Gasteiger partial charge in [0, 0.05) is 35.1 Å². The fourth-order valence-corrected chi connectivity index (χ4v) is 3.84. The lowest BCUT2D eigenvalue weighted by Crippen LogP contribution is -2.14. The van der Waals surface area contributed by atoms with E-state index in [0.29, 0.717) is 11.5 Å². The average Bonchev–Trinajstić information content (AvgIpc) is 3.06. The third-order valence-corrected chi connectivity index (χ3v) is 5.41. The maximum atomic E-state index is 12.3. The summed E-state index contributed by atoms with van der Waals surface area (Å²) in [5, 5.41) is 2.98. The lowest BCUT2D eigenvalue weighted by atomic mass is 10.1. The number of anilines is 1. The fraction of sp³-hybridized carbons (Fsp3) is 0.136. The third kappa shape index (κ3) is 4.07. The van der Waals surface area contributed by atoms with E-state index in [1.54, 1.807) is 18.0 Å². The van der Waals surface area contributed by atoms with Gasteiger partial charge in [0.05, 0.1) is 11.4 Å². The van der Waals surface area contributed by atoms with E-state index in [2.05, 4.69) is 27.4 Å². The van der Waals surface area contributed by atoms with Gasteiger partial charge in [0.15, 0.2) is 0 Å². The quantitative estimate of drug-likeness (QED) is 0.525. The minimum absolute atomic E-state index is 0.00790. The predicted molar refractivity (Wildman–Crippen MR) is 114 cm³/mol. The first-order valence-electron chi connectivity index (χ1n) is 9.02. The van der Waals surface area contributed by atoms with Gasteiger partial charge in [-0.1, -0.05) is 42.5 Å². The molecule has 5 nitrogen and oxygen atoms in total. The van der Waals surface area contributed by atoms with E-state index < -0.39 is 0 Å². The van der Waals surface area contributed by atoms with Crippen LogP contribution in [0, 0.1) is 6.92 Å². The summed E-state index contributed by atoms with van der Waals surface area (Å²) in [5.41, 5.74) is 4.83. The number of hydrogen-bond acceptors (Lipinski definition) is 4. The van der Waals surface area contributed by atoms with E-state index in [1.165, 1.54) is 5.56 Å². The molecule has 2 aromatic heterocycles. The summed E-state index contributed by atoms with van der Waals surface area (Å²) in [6.45, 7) is 2.02. The van der Waals surface area contributed by atoms with Crippen LogP contribution in [0.4, 0.5) is 5.69 Å². The highest BCUT2D eigenvalue weighted by Gasteiger charge is 2.12. The van der Waals surface area contributed by atoms with Crippen LogP contribution >= 0.6 is 11.8 Å². The molecule has 140 valence electrons. The van der Waals surface area contributed by atoms with Crippen LogP contribution in [0.1, 0.15) is 11.3 Å². The van der Waals surface area contributed by atoms with Crippen molar-refractivity contribution in [2.45, 2.75) is 12.7 Å². The maximum Gasteiger partial charge on any atom is 0.234 e. The Labute approximate surface area is 167 Å². The molecule has 0 aliphatic rings. The van der Waals surface area contributed by atoms with Crippen LogP contribution in [0.15, 0.2) is 73.1 Å². The second kappa shape index (κ2) is 8.27. The SMILES string of the molecule is Cc1c(-c2cccc(NC(=O)CSCc3ccccc3)c2)nc2ncccn12. The first-order valence-corrected chi connectivity index (χ1v) is 10.2. The summed E-state index contributed by atoms with van der Waals surface area (Å²) in [6, 6.07) is 19.8. The van der Waals surface area contributed by atoms with Crippen molar-refractivity contribution in [3.63, 3.8) is 0 Å². The molecule has 0 bridgehead atoms. The van der Waals surface area contributed by atoms with Gasteiger partial charge >= 0.3 is 0 Å². The van der Waals surface area contributed by atoms with Gasteiger partial charge in [0.2, 0.25) is 11.7 Å². The molecule has 0 spiro atoms. The third-order valence-electron chi connectivity index (χ3n) is 4.41. The van der Waals surface area contributed by atoms with Crippen molar-refractivity contribution >= 4 is 29.1 Å². The Morgan fingerprint density at radius 2 is 1.96 bits per heavy atom. The number of aryl methyl sites for hydroxylation is 1. The topological polar surface area (TPSA) is 59.3 Å². The van der Waals surface area contributed by atoms with Crippen LogP contribution in [0.5, 0.6) is 0 Å². The van der Waals surface area contributed by atoms with Crippen molar-refractivity contribution in [1.29, 1.82) is 0 Å². The van der Waals surface area contributed by atoms with Gasteiger partial charge in [-0.15, -0.1) is 11.8 Å². The van der Waals surface area contributed by atoms with Crippen molar-refractivity contribution < 1.29 is 4.79 Å². The summed E-state index contributed by atoms with van der Waals surface area (Å²) in [5.74, 6) is 1.89. The molecule has 0 atom stereocenters. The van der Waals surface area contributed by atoms with Crippen LogP contribution in [0.2, 0.25) is 0 Å². The Hall–Kier alpha value is -3.12. The highest BCUT2D eigenvalue weighted by molar-refractivity contribution is 7.99. The molecular weight excluding hydrogens is 368 g/mol.